The van der Waals surface area contributed by atoms with Gasteiger partial charge < -0.3 is 10.0 Å². The SMILES string of the molecule is Cc1nn(C)c2ncc(C(=O)O)c(SCCN(C)C)c12. The largest absolute Gasteiger partial charge is 0.478 e. The standard InChI is InChI=1S/C13H18N4O2S/c1-8-10-11(20-6-5-16(2)3)9(13(18)19)7-14-12(10)17(4)15-8/h7H,5-6H2,1-4H3,(H,18,19). The summed E-state index contributed by atoms with van der Waals surface area (Å²) in [5.41, 5.74) is 1.78. The lowest BCUT2D eigenvalue weighted by atomic mass is 10.2. The van der Waals surface area contributed by atoms with Crippen molar-refractivity contribution in [2.75, 3.05) is 26.4 Å². The topological polar surface area (TPSA) is 71.2 Å². The monoisotopic (exact) mass is 294 g/mol. The number of rotatable bonds is 5. The first-order valence-corrected chi connectivity index (χ1v) is 7.23. The number of carboxylic acid groups (broad SMARTS) is 1. The summed E-state index contributed by atoms with van der Waals surface area (Å²) >= 11 is 1.54. The van der Waals surface area contributed by atoms with E-state index in [1.807, 2.05) is 28.1 Å². The van der Waals surface area contributed by atoms with E-state index in [9.17, 15) is 9.90 Å². The average Bonchev–Trinajstić information content (AvgIpc) is 2.64. The minimum absolute atomic E-state index is 0.248. The van der Waals surface area contributed by atoms with E-state index in [4.69, 9.17) is 0 Å². The Labute approximate surface area is 121 Å². The predicted octanol–water partition coefficient (Wildman–Crippen LogP) is 1.63. The van der Waals surface area contributed by atoms with Gasteiger partial charge in [0, 0.05) is 30.4 Å². The van der Waals surface area contributed by atoms with Gasteiger partial charge >= 0.3 is 5.97 Å². The first-order valence-electron chi connectivity index (χ1n) is 6.25. The molecule has 2 aromatic rings. The first kappa shape index (κ1) is 14.8. The van der Waals surface area contributed by atoms with Crippen LogP contribution < -0.4 is 0 Å². The number of pyridine rings is 1. The molecule has 0 bridgehead atoms. The number of fused-ring (bicyclic) bond motifs is 1. The van der Waals surface area contributed by atoms with Gasteiger partial charge in [0.2, 0.25) is 0 Å². The van der Waals surface area contributed by atoms with Crippen LogP contribution in [0.5, 0.6) is 0 Å². The molecule has 0 atom stereocenters. The van der Waals surface area contributed by atoms with Gasteiger partial charge in [0.15, 0.2) is 5.65 Å². The predicted molar refractivity (Wildman–Crippen MR) is 79.5 cm³/mol. The van der Waals surface area contributed by atoms with Crippen molar-refractivity contribution < 1.29 is 9.90 Å². The lowest BCUT2D eigenvalue weighted by Crippen LogP contribution is -2.15. The number of hydrogen-bond donors (Lipinski definition) is 1. The molecule has 0 fully saturated rings. The zero-order valence-corrected chi connectivity index (χ0v) is 12.9. The van der Waals surface area contributed by atoms with Gasteiger partial charge in [-0.15, -0.1) is 11.8 Å². The fourth-order valence-electron chi connectivity index (χ4n) is 2.01. The maximum atomic E-state index is 11.4. The third-order valence-electron chi connectivity index (χ3n) is 2.99. The van der Waals surface area contributed by atoms with Gasteiger partial charge in [-0.25, -0.2) is 9.78 Å². The molecule has 0 amide bonds. The van der Waals surface area contributed by atoms with Gasteiger partial charge in [0.1, 0.15) is 0 Å². The molecule has 0 saturated heterocycles. The van der Waals surface area contributed by atoms with Crippen molar-refractivity contribution in [3.05, 3.63) is 17.5 Å². The van der Waals surface area contributed by atoms with Gasteiger partial charge in [-0.2, -0.15) is 5.10 Å². The lowest BCUT2D eigenvalue weighted by Gasteiger charge is -2.11. The number of carboxylic acids is 1. The van der Waals surface area contributed by atoms with Crippen LogP contribution in [0.1, 0.15) is 16.1 Å². The summed E-state index contributed by atoms with van der Waals surface area (Å²) < 4.78 is 1.69. The summed E-state index contributed by atoms with van der Waals surface area (Å²) in [7, 11) is 5.81. The van der Waals surface area contributed by atoms with E-state index >= 15 is 0 Å². The molecule has 0 radical (unpaired) electrons. The normalized spacial score (nSPS) is 11.4. The minimum atomic E-state index is -0.949. The summed E-state index contributed by atoms with van der Waals surface area (Å²) in [6, 6.07) is 0. The highest BCUT2D eigenvalue weighted by Crippen LogP contribution is 2.32. The van der Waals surface area contributed by atoms with Crippen LogP contribution in [0.2, 0.25) is 0 Å². The van der Waals surface area contributed by atoms with E-state index in [1.54, 1.807) is 16.4 Å². The molecule has 0 saturated carbocycles. The smallest absolute Gasteiger partial charge is 0.338 e. The van der Waals surface area contributed by atoms with Gasteiger partial charge in [-0.1, -0.05) is 0 Å². The first-order chi connectivity index (χ1) is 9.41. The van der Waals surface area contributed by atoms with Crippen LogP contribution in [-0.4, -0.2) is 57.1 Å². The Morgan fingerprint density at radius 3 is 2.80 bits per heavy atom. The molecule has 108 valence electrons. The van der Waals surface area contributed by atoms with Crippen molar-refractivity contribution in [2.24, 2.45) is 7.05 Å². The second kappa shape index (κ2) is 5.80. The van der Waals surface area contributed by atoms with Crippen molar-refractivity contribution in [3.63, 3.8) is 0 Å². The summed E-state index contributed by atoms with van der Waals surface area (Å²) in [6.07, 6.45) is 1.42. The maximum Gasteiger partial charge on any atom is 0.338 e. The second-order valence-corrected chi connectivity index (χ2v) is 5.97. The summed E-state index contributed by atoms with van der Waals surface area (Å²) in [5.74, 6) is -0.129. The van der Waals surface area contributed by atoms with Crippen LogP contribution in [0.4, 0.5) is 0 Å². The zero-order valence-electron chi connectivity index (χ0n) is 12.0. The number of carbonyl (C=O) groups is 1. The van der Waals surface area contributed by atoms with Crippen molar-refractivity contribution >= 4 is 28.8 Å². The van der Waals surface area contributed by atoms with Crippen LogP contribution in [0.15, 0.2) is 11.1 Å². The molecule has 20 heavy (non-hydrogen) atoms. The zero-order chi connectivity index (χ0) is 14.9. The Kier molecular flexibility index (Phi) is 4.29. The van der Waals surface area contributed by atoms with E-state index in [-0.39, 0.29) is 5.56 Å². The van der Waals surface area contributed by atoms with Crippen LogP contribution in [0.25, 0.3) is 11.0 Å². The van der Waals surface area contributed by atoms with Gasteiger partial charge in [0.25, 0.3) is 0 Å². The highest BCUT2D eigenvalue weighted by molar-refractivity contribution is 7.99. The summed E-state index contributed by atoms with van der Waals surface area (Å²) in [6.45, 7) is 2.76. The molecule has 2 rings (SSSR count). The van der Waals surface area contributed by atoms with E-state index in [0.29, 0.717) is 0 Å². The van der Waals surface area contributed by atoms with Crippen molar-refractivity contribution in [3.8, 4) is 0 Å². The molecule has 1 N–H and O–H groups in total. The van der Waals surface area contributed by atoms with E-state index in [0.717, 1.165) is 33.9 Å². The minimum Gasteiger partial charge on any atom is -0.478 e. The average molecular weight is 294 g/mol. The molecule has 2 heterocycles. The molecule has 0 aliphatic carbocycles. The Balaban J connectivity index is 2.51. The molecule has 6 nitrogen and oxygen atoms in total. The molecule has 7 heteroatoms. The number of aryl methyl sites for hydroxylation is 2. The Bertz CT molecular complexity index is 651. The molecule has 0 spiro atoms. The van der Waals surface area contributed by atoms with Crippen molar-refractivity contribution in [1.29, 1.82) is 0 Å². The Hall–Kier alpha value is -1.60. The molecule has 0 aliphatic rings. The fourth-order valence-corrected chi connectivity index (χ4v) is 3.35. The summed E-state index contributed by atoms with van der Waals surface area (Å²) in [4.78, 5) is 18.4. The quantitative estimate of drug-likeness (QED) is 0.845. The highest BCUT2D eigenvalue weighted by Gasteiger charge is 2.19. The number of thioether (sulfide) groups is 1. The van der Waals surface area contributed by atoms with Crippen LogP contribution in [0.3, 0.4) is 0 Å². The number of aromatic nitrogens is 3. The molecule has 2 aromatic heterocycles. The molecular formula is C13H18N4O2S. The summed E-state index contributed by atoms with van der Waals surface area (Å²) in [5, 5.41) is 14.5. The van der Waals surface area contributed by atoms with Gasteiger partial charge in [-0.3, -0.25) is 4.68 Å². The highest BCUT2D eigenvalue weighted by atomic mass is 32.2. The third kappa shape index (κ3) is 2.78. The second-order valence-electron chi connectivity index (χ2n) is 4.87. The number of hydrogen-bond acceptors (Lipinski definition) is 5. The Morgan fingerprint density at radius 1 is 1.50 bits per heavy atom. The van der Waals surface area contributed by atoms with E-state index in [1.165, 1.54) is 6.20 Å². The van der Waals surface area contributed by atoms with Gasteiger partial charge in [0.05, 0.1) is 16.6 Å². The third-order valence-corrected chi connectivity index (χ3v) is 4.09. The van der Waals surface area contributed by atoms with E-state index in [2.05, 4.69) is 15.0 Å². The molecule has 0 aliphatic heterocycles. The lowest BCUT2D eigenvalue weighted by molar-refractivity contribution is 0.0693. The van der Waals surface area contributed by atoms with Crippen molar-refractivity contribution in [1.82, 2.24) is 19.7 Å². The van der Waals surface area contributed by atoms with E-state index < -0.39 is 5.97 Å². The van der Waals surface area contributed by atoms with Crippen LogP contribution >= 0.6 is 11.8 Å². The number of nitrogens with zero attached hydrogens (tertiary/aromatic N) is 4. The Morgan fingerprint density at radius 2 is 2.20 bits per heavy atom. The van der Waals surface area contributed by atoms with Crippen molar-refractivity contribution in [2.45, 2.75) is 11.8 Å². The fraction of sp³-hybridized carbons (Fsp3) is 0.462. The number of aromatic carboxylic acids is 1. The molecule has 0 unspecified atom stereocenters. The van der Waals surface area contributed by atoms with Gasteiger partial charge in [-0.05, 0) is 21.0 Å². The molecule has 0 aromatic carbocycles. The van der Waals surface area contributed by atoms with Crippen LogP contribution in [0, 0.1) is 6.92 Å². The molecular weight excluding hydrogens is 276 g/mol. The maximum absolute atomic E-state index is 11.4. The van der Waals surface area contributed by atoms with Crippen LogP contribution in [-0.2, 0) is 7.05 Å².